The van der Waals surface area contributed by atoms with Gasteiger partial charge in [0.1, 0.15) is 0 Å². The summed E-state index contributed by atoms with van der Waals surface area (Å²) in [6, 6.07) is 5.64. The van der Waals surface area contributed by atoms with Crippen LogP contribution in [0.15, 0.2) is 12.1 Å². The highest BCUT2D eigenvalue weighted by molar-refractivity contribution is 5.41. The minimum atomic E-state index is 0.664. The predicted octanol–water partition coefficient (Wildman–Crippen LogP) is 2.44. The van der Waals surface area contributed by atoms with Crippen LogP contribution in [-0.4, -0.2) is 36.0 Å². The van der Waals surface area contributed by atoms with Crippen LogP contribution in [0.3, 0.4) is 0 Å². The quantitative estimate of drug-likeness (QED) is 0.748. The van der Waals surface area contributed by atoms with Gasteiger partial charge in [-0.25, -0.2) is 0 Å². The number of likely N-dealkylation sites (N-methyl/N-ethyl adjacent to an activating group) is 1. The Morgan fingerprint density at radius 3 is 2.22 bits per heavy atom. The molecule has 0 saturated carbocycles. The monoisotopic (exact) mass is 244 g/mol. The third-order valence-electron chi connectivity index (χ3n) is 4.50. The smallest absolute Gasteiger partial charge is 0.0239 e. The standard InChI is InChI=1S/C16H24N2/c1-12(2)18-7-5-14-8-13-4-6-17(3)10-15(13)9-16(14)11-18/h8-9,12H,4-7,10-11H2,1-3H3. The van der Waals surface area contributed by atoms with Gasteiger partial charge in [-0.15, -0.1) is 0 Å². The first-order chi connectivity index (χ1) is 8.63. The van der Waals surface area contributed by atoms with Crippen molar-refractivity contribution in [3.05, 3.63) is 34.4 Å². The Bertz CT molecular complexity index is 451. The largest absolute Gasteiger partial charge is 0.302 e. The molecule has 0 amide bonds. The minimum absolute atomic E-state index is 0.664. The van der Waals surface area contributed by atoms with E-state index in [1.165, 1.54) is 25.9 Å². The SMILES string of the molecule is CC(C)N1CCc2cc3c(cc2C1)CN(C)CC3. The highest BCUT2D eigenvalue weighted by Gasteiger charge is 2.21. The molecule has 0 saturated heterocycles. The molecule has 0 unspecified atom stereocenters. The zero-order valence-corrected chi connectivity index (χ0v) is 11.9. The van der Waals surface area contributed by atoms with Crippen LogP contribution in [0.1, 0.15) is 36.1 Å². The molecule has 0 bridgehead atoms. The van der Waals surface area contributed by atoms with Crippen molar-refractivity contribution in [2.75, 3.05) is 20.1 Å². The van der Waals surface area contributed by atoms with E-state index in [4.69, 9.17) is 0 Å². The highest BCUT2D eigenvalue weighted by atomic mass is 15.1. The van der Waals surface area contributed by atoms with E-state index in [-0.39, 0.29) is 0 Å². The highest BCUT2D eigenvalue weighted by Crippen LogP contribution is 2.27. The van der Waals surface area contributed by atoms with Crippen LogP contribution in [0.2, 0.25) is 0 Å². The Labute approximate surface area is 111 Å². The Morgan fingerprint density at radius 1 is 0.889 bits per heavy atom. The number of rotatable bonds is 1. The van der Waals surface area contributed by atoms with Gasteiger partial charge in [0.25, 0.3) is 0 Å². The molecule has 0 atom stereocenters. The topological polar surface area (TPSA) is 6.48 Å². The van der Waals surface area contributed by atoms with Crippen molar-refractivity contribution in [3.63, 3.8) is 0 Å². The van der Waals surface area contributed by atoms with E-state index in [2.05, 4.69) is 42.8 Å². The molecule has 0 radical (unpaired) electrons. The van der Waals surface area contributed by atoms with E-state index < -0.39 is 0 Å². The summed E-state index contributed by atoms with van der Waals surface area (Å²) >= 11 is 0. The fourth-order valence-corrected chi connectivity index (χ4v) is 3.24. The van der Waals surface area contributed by atoms with Gasteiger partial charge in [0.2, 0.25) is 0 Å². The molecule has 0 aliphatic carbocycles. The summed E-state index contributed by atoms with van der Waals surface area (Å²) in [6.07, 6.45) is 2.46. The van der Waals surface area contributed by atoms with E-state index in [0.29, 0.717) is 6.04 Å². The number of hydrogen-bond donors (Lipinski definition) is 0. The van der Waals surface area contributed by atoms with Crippen LogP contribution in [0.25, 0.3) is 0 Å². The maximum Gasteiger partial charge on any atom is 0.0239 e. The van der Waals surface area contributed by atoms with E-state index in [9.17, 15) is 0 Å². The summed E-state index contributed by atoms with van der Waals surface area (Å²) in [5.74, 6) is 0. The molecule has 3 rings (SSSR count). The summed E-state index contributed by atoms with van der Waals surface area (Å²) < 4.78 is 0. The van der Waals surface area contributed by atoms with E-state index in [1.807, 2.05) is 0 Å². The third kappa shape index (κ3) is 2.19. The summed E-state index contributed by atoms with van der Waals surface area (Å²) in [5, 5.41) is 0. The van der Waals surface area contributed by atoms with E-state index >= 15 is 0 Å². The molecule has 0 N–H and O–H groups in total. The summed E-state index contributed by atoms with van der Waals surface area (Å²) in [4.78, 5) is 5.01. The molecule has 0 fully saturated rings. The van der Waals surface area contributed by atoms with Gasteiger partial charge < -0.3 is 4.90 Å². The predicted molar refractivity (Wildman–Crippen MR) is 75.7 cm³/mol. The zero-order chi connectivity index (χ0) is 12.7. The molecule has 0 aromatic heterocycles. The first-order valence-electron chi connectivity index (χ1n) is 7.19. The van der Waals surface area contributed by atoms with Crippen molar-refractivity contribution >= 4 is 0 Å². The van der Waals surface area contributed by atoms with Crippen LogP contribution in [-0.2, 0) is 25.9 Å². The lowest BCUT2D eigenvalue weighted by Crippen LogP contribution is -2.36. The van der Waals surface area contributed by atoms with E-state index in [0.717, 1.165) is 13.1 Å². The second-order valence-electron chi connectivity index (χ2n) is 6.19. The van der Waals surface area contributed by atoms with Gasteiger partial charge in [-0.1, -0.05) is 12.1 Å². The Kier molecular flexibility index (Phi) is 3.16. The molecule has 2 aliphatic rings. The van der Waals surface area contributed by atoms with Crippen LogP contribution >= 0.6 is 0 Å². The van der Waals surface area contributed by atoms with Crippen molar-refractivity contribution in [3.8, 4) is 0 Å². The van der Waals surface area contributed by atoms with Gasteiger partial charge in [0.05, 0.1) is 0 Å². The summed E-state index contributed by atoms with van der Waals surface area (Å²) in [5.41, 5.74) is 6.34. The molecule has 2 heterocycles. The normalized spacial score (nSPS) is 20.9. The number of hydrogen-bond acceptors (Lipinski definition) is 2. The van der Waals surface area contributed by atoms with Crippen molar-refractivity contribution in [1.82, 2.24) is 9.80 Å². The van der Waals surface area contributed by atoms with Crippen LogP contribution in [0.4, 0.5) is 0 Å². The van der Waals surface area contributed by atoms with Gasteiger partial charge in [0, 0.05) is 32.2 Å². The van der Waals surface area contributed by atoms with Crippen LogP contribution in [0, 0.1) is 0 Å². The Balaban J connectivity index is 1.91. The number of benzene rings is 1. The molecule has 1 aromatic carbocycles. The lowest BCUT2D eigenvalue weighted by molar-refractivity contribution is 0.203. The molecular formula is C16H24N2. The lowest BCUT2D eigenvalue weighted by Gasteiger charge is -2.34. The fraction of sp³-hybridized carbons (Fsp3) is 0.625. The van der Waals surface area contributed by atoms with Gasteiger partial charge in [-0.05, 0) is 56.0 Å². The summed E-state index contributed by atoms with van der Waals surface area (Å²) in [7, 11) is 2.23. The average molecular weight is 244 g/mol. The first-order valence-corrected chi connectivity index (χ1v) is 7.19. The van der Waals surface area contributed by atoms with Crippen molar-refractivity contribution in [2.45, 2.75) is 45.8 Å². The zero-order valence-electron chi connectivity index (χ0n) is 11.9. The molecule has 2 aliphatic heterocycles. The van der Waals surface area contributed by atoms with Gasteiger partial charge in [-0.2, -0.15) is 0 Å². The molecule has 1 aromatic rings. The van der Waals surface area contributed by atoms with Gasteiger partial charge in [0.15, 0.2) is 0 Å². The maximum absolute atomic E-state index is 2.58. The maximum atomic E-state index is 2.58. The number of fused-ring (bicyclic) bond motifs is 2. The average Bonchev–Trinajstić information content (AvgIpc) is 2.35. The fourth-order valence-electron chi connectivity index (χ4n) is 3.24. The molecule has 2 nitrogen and oxygen atoms in total. The van der Waals surface area contributed by atoms with Crippen LogP contribution in [0.5, 0.6) is 0 Å². The summed E-state index contributed by atoms with van der Waals surface area (Å²) in [6.45, 7) is 9.32. The van der Waals surface area contributed by atoms with Crippen molar-refractivity contribution in [2.24, 2.45) is 0 Å². The van der Waals surface area contributed by atoms with Crippen molar-refractivity contribution in [1.29, 1.82) is 0 Å². The molecule has 98 valence electrons. The van der Waals surface area contributed by atoms with Crippen LogP contribution < -0.4 is 0 Å². The molecule has 0 spiro atoms. The minimum Gasteiger partial charge on any atom is -0.302 e. The number of nitrogens with zero attached hydrogens (tertiary/aromatic N) is 2. The Hall–Kier alpha value is -0.860. The molecule has 2 heteroatoms. The van der Waals surface area contributed by atoms with Gasteiger partial charge in [-0.3, -0.25) is 4.90 Å². The van der Waals surface area contributed by atoms with Crippen molar-refractivity contribution < 1.29 is 0 Å². The first kappa shape index (κ1) is 12.2. The molecular weight excluding hydrogens is 220 g/mol. The lowest BCUT2D eigenvalue weighted by atomic mass is 9.90. The Morgan fingerprint density at radius 2 is 1.50 bits per heavy atom. The van der Waals surface area contributed by atoms with E-state index in [1.54, 1.807) is 22.3 Å². The molecule has 18 heavy (non-hydrogen) atoms. The second-order valence-corrected chi connectivity index (χ2v) is 6.19. The third-order valence-corrected chi connectivity index (χ3v) is 4.50. The van der Waals surface area contributed by atoms with Gasteiger partial charge >= 0.3 is 0 Å². The second kappa shape index (κ2) is 4.67.